The van der Waals surface area contributed by atoms with E-state index in [1.165, 1.54) is 0 Å². The first kappa shape index (κ1) is 18.8. The Morgan fingerprint density at radius 3 is 2.68 bits per heavy atom. The molecule has 0 unspecified atom stereocenters. The number of carbonyl (C=O) groups excluding carboxylic acids is 1. The van der Waals surface area contributed by atoms with Gasteiger partial charge in [0, 0.05) is 28.2 Å². The van der Waals surface area contributed by atoms with Crippen molar-refractivity contribution < 1.29 is 9.90 Å². The van der Waals surface area contributed by atoms with E-state index in [-0.39, 0.29) is 29.3 Å². The van der Waals surface area contributed by atoms with Crippen LogP contribution in [0.5, 0.6) is 5.75 Å². The molecule has 146 valence electrons. The van der Waals surface area contributed by atoms with E-state index in [1.807, 2.05) is 29.7 Å². The third-order valence-corrected chi connectivity index (χ3v) is 6.27. The molecular weight excluding hydrogens is 422 g/mol. The fourth-order valence-electron chi connectivity index (χ4n) is 4.00. The summed E-state index contributed by atoms with van der Waals surface area (Å²) in [6, 6.07) is 11.0. The molecule has 3 N–H and O–H groups in total. The lowest BCUT2D eigenvalue weighted by Gasteiger charge is -2.28. The van der Waals surface area contributed by atoms with Crippen LogP contribution < -0.4 is 11.0 Å². The van der Waals surface area contributed by atoms with Gasteiger partial charge in [-0.1, -0.05) is 12.1 Å². The summed E-state index contributed by atoms with van der Waals surface area (Å²) in [6.45, 7) is 1.81. The first-order valence-corrected chi connectivity index (χ1v) is 10.2. The number of aromatic hydroxyl groups is 1. The average molecular weight is 444 g/mol. The molecule has 0 saturated heterocycles. The van der Waals surface area contributed by atoms with E-state index < -0.39 is 0 Å². The van der Waals surface area contributed by atoms with E-state index in [0.29, 0.717) is 5.69 Å². The van der Waals surface area contributed by atoms with E-state index in [0.717, 1.165) is 46.8 Å². The molecule has 3 aromatic rings. The van der Waals surface area contributed by atoms with E-state index in [2.05, 4.69) is 26.2 Å². The van der Waals surface area contributed by atoms with Crippen molar-refractivity contribution in [2.75, 3.05) is 5.32 Å². The van der Waals surface area contributed by atoms with Crippen LogP contribution in [-0.4, -0.2) is 20.6 Å². The van der Waals surface area contributed by atoms with Crippen LogP contribution in [0.3, 0.4) is 0 Å². The summed E-state index contributed by atoms with van der Waals surface area (Å²) >= 11 is 3.48. The predicted molar refractivity (Wildman–Crippen MR) is 113 cm³/mol. The molecule has 2 aromatic carbocycles. The van der Waals surface area contributed by atoms with Crippen molar-refractivity contribution in [2.45, 2.75) is 38.6 Å². The zero-order valence-electron chi connectivity index (χ0n) is 15.5. The SMILES string of the molecule is Cc1ccc(NC(=O)C2CCC(n3c(=O)[nH]c4c(Br)cccc43)CC2)cc1O. The lowest BCUT2D eigenvalue weighted by molar-refractivity contribution is -0.121. The number of phenols is 1. The Bertz CT molecular complexity index is 1090. The highest BCUT2D eigenvalue weighted by Gasteiger charge is 2.29. The molecule has 6 nitrogen and oxygen atoms in total. The summed E-state index contributed by atoms with van der Waals surface area (Å²) in [6.07, 6.45) is 3.00. The Morgan fingerprint density at radius 2 is 1.96 bits per heavy atom. The number of carbonyl (C=O) groups is 1. The number of aromatic nitrogens is 2. The number of hydrogen-bond acceptors (Lipinski definition) is 3. The summed E-state index contributed by atoms with van der Waals surface area (Å²) in [5, 5.41) is 12.7. The maximum atomic E-state index is 12.6. The molecule has 0 bridgehead atoms. The molecule has 4 rings (SSSR count). The Hall–Kier alpha value is -2.54. The molecule has 0 aliphatic heterocycles. The quantitative estimate of drug-likeness (QED) is 0.557. The summed E-state index contributed by atoms with van der Waals surface area (Å²) in [5.41, 5.74) is 2.97. The largest absolute Gasteiger partial charge is 0.508 e. The number of rotatable bonds is 3. The zero-order valence-corrected chi connectivity index (χ0v) is 17.1. The van der Waals surface area contributed by atoms with Crippen LogP contribution in [0, 0.1) is 12.8 Å². The Kier molecular flexibility index (Phi) is 5.02. The maximum Gasteiger partial charge on any atom is 0.326 e. The Labute approximate surface area is 170 Å². The van der Waals surface area contributed by atoms with Gasteiger partial charge in [-0.15, -0.1) is 0 Å². The number of anilines is 1. The molecular formula is C21H22BrN3O3. The second-order valence-electron chi connectivity index (χ2n) is 7.43. The van der Waals surface area contributed by atoms with Gasteiger partial charge in [0.1, 0.15) is 5.75 Å². The molecule has 1 aromatic heterocycles. The van der Waals surface area contributed by atoms with Crippen molar-refractivity contribution in [1.82, 2.24) is 9.55 Å². The maximum absolute atomic E-state index is 12.6. The predicted octanol–water partition coefficient (Wildman–Crippen LogP) is 4.48. The summed E-state index contributed by atoms with van der Waals surface area (Å²) in [5.74, 6) is 0.0504. The molecule has 28 heavy (non-hydrogen) atoms. The number of halogens is 1. The molecule has 1 fully saturated rings. The highest BCUT2D eigenvalue weighted by Crippen LogP contribution is 2.34. The van der Waals surface area contributed by atoms with E-state index in [4.69, 9.17) is 0 Å². The van der Waals surface area contributed by atoms with Gasteiger partial charge < -0.3 is 15.4 Å². The van der Waals surface area contributed by atoms with Gasteiger partial charge in [-0.05, 0) is 72.3 Å². The molecule has 0 atom stereocenters. The third-order valence-electron chi connectivity index (χ3n) is 5.61. The van der Waals surface area contributed by atoms with Gasteiger partial charge >= 0.3 is 5.69 Å². The minimum absolute atomic E-state index is 0.0317. The number of nitrogens with zero attached hydrogens (tertiary/aromatic N) is 1. The van der Waals surface area contributed by atoms with Crippen molar-refractivity contribution in [3.8, 4) is 5.75 Å². The lowest BCUT2D eigenvalue weighted by Crippen LogP contribution is -2.31. The molecule has 1 saturated carbocycles. The number of amides is 1. The van der Waals surface area contributed by atoms with Crippen molar-refractivity contribution >= 4 is 38.6 Å². The normalized spacial score (nSPS) is 19.6. The van der Waals surface area contributed by atoms with Gasteiger partial charge in [-0.3, -0.25) is 9.36 Å². The number of nitrogens with one attached hydrogen (secondary N) is 2. The number of imidazole rings is 1. The molecule has 7 heteroatoms. The van der Waals surface area contributed by atoms with Crippen LogP contribution >= 0.6 is 15.9 Å². The van der Waals surface area contributed by atoms with Crippen molar-refractivity contribution in [3.63, 3.8) is 0 Å². The average Bonchev–Trinajstić information content (AvgIpc) is 3.02. The first-order chi connectivity index (χ1) is 13.4. The van der Waals surface area contributed by atoms with Crippen LogP contribution in [0.1, 0.15) is 37.3 Å². The molecule has 1 heterocycles. The molecule has 0 spiro atoms. The second-order valence-corrected chi connectivity index (χ2v) is 8.28. The Balaban J connectivity index is 1.45. The van der Waals surface area contributed by atoms with E-state index in [9.17, 15) is 14.7 Å². The minimum Gasteiger partial charge on any atom is -0.508 e. The number of aromatic amines is 1. The van der Waals surface area contributed by atoms with Crippen LogP contribution in [0.15, 0.2) is 45.7 Å². The second kappa shape index (κ2) is 7.47. The molecule has 0 radical (unpaired) electrons. The van der Waals surface area contributed by atoms with Gasteiger partial charge in [0.2, 0.25) is 5.91 Å². The van der Waals surface area contributed by atoms with Crippen LogP contribution in [-0.2, 0) is 4.79 Å². The fraction of sp³-hybridized carbons (Fsp3) is 0.333. The highest BCUT2D eigenvalue weighted by molar-refractivity contribution is 9.10. The van der Waals surface area contributed by atoms with Crippen LogP contribution in [0.4, 0.5) is 5.69 Å². The van der Waals surface area contributed by atoms with Crippen LogP contribution in [0.2, 0.25) is 0 Å². The number of hydrogen-bond donors (Lipinski definition) is 3. The number of H-pyrrole nitrogens is 1. The summed E-state index contributed by atoms with van der Waals surface area (Å²) < 4.78 is 2.70. The van der Waals surface area contributed by atoms with Gasteiger partial charge in [-0.25, -0.2) is 4.79 Å². The molecule has 1 aliphatic rings. The Morgan fingerprint density at radius 1 is 1.21 bits per heavy atom. The van der Waals surface area contributed by atoms with Gasteiger partial charge in [0.15, 0.2) is 0 Å². The van der Waals surface area contributed by atoms with Crippen molar-refractivity contribution in [3.05, 3.63) is 56.9 Å². The topological polar surface area (TPSA) is 87.1 Å². The third kappa shape index (κ3) is 3.46. The summed E-state index contributed by atoms with van der Waals surface area (Å²) in [4.78, 5) is 28.0. The number of para-hydroxylation sites is 1. The lowest BCUT2D eigenvalue weighted by atomic mass is 9.85. The minimum atomic E-state index is -0.107. The monoisotopic (exact) mass is 443 g/mol. The zero-order chi connectivity index (χ0) is 19.8. The summed E-state index contributed by atoms with van der Waals surface area (Å²) in [7, 11) is 0. The molecule has 1 aliphatic carbocycles. The first-order valence-electron chi connectivity index (χ1n) is 9.43. The standard InChI is InChI=1S/C21H22BrN3O3/c1-12-5-8-14(11-18(12)26)23-20(27)13-6-9-15(10-7-13)25-17-4-2-3-16(22)19(17)24-21(25)28/h2-5,8,11,13,15,26H,6-7,9-10H2,1H3,(H,23,27)(H,24,28). The number of benzene rings is 2. The van der Waals surface area contributed by atoms with Crippen LogP contribution in [0.25, 0.3) is 11.0 Å². The number of fused-ring (bicyclic) bond motifs is 1. The van der Waals surface area contributed by atoms with Gasteiger partial charge in [0.25, 0.3) is 0 Å². The van der Waals surface area contributed by atoms with Crippen molar-refractivity contribution in [2.24, 2.45) is 5.92 Å². The van der Waals surface area contributed by atoms with Gasteiger partial charge in [0.05, 0.1) is 11.0 Å². The number of phenolic OH excluding ortho intramolecular Hbond substituents is 1. The van der Waals surface area contributed by atoms with E-state index in [1.54, 1.807) is 18.2 Å². The van der Waals surface area contributed by atoms with Gasteiger partial charge in [-0.2, -0.15) is 0 Å². The number of aryl methyl sites for hydroxylation is 1. The van der Waals surface area contributed by atoms with Crippen molar-refractivity contribution in [1.29, 1.82) is 0 Å². The highest BCUT2D eigenvalue weighted by atomic mass is 79.9. The fourth-order valence-corrected chi connectivity index (χ4v) is 4.46. The smallest absolute Gasteiger partial charge is 0.326 e. The van der Waals surface area contributed by atoms with E-state index >= 15 is 0 Å². The molecule has 1 amide bonds.